The van der Waals surface area contributed by atoms with E-state index in [9.17, 15) is 0 Å². The highest BCUT2D eigenvalue weighted by molar-refractivity contribution is 6.10. The van der Waals surface area contributed by atoms with E-state index >= 15 is 0 Å². The molecule has 2 unspecified atom stereocenters. The molecule has 1 aromatic heterocycles. The van der Waals surface area contributed by atoms with Crippen molar-refractivity contribution in [1.29, 1.82) is 0 Å². The van der Waals surface area contributed by atoms with E-state index in [-0.39, 0.29) is 0 Å². The van der Waals surface area contributed by atoms with Crippen LogP contribution in [0, 0.1) is 0 Å². The van der Waals surface area contributed by atoms with E-state index < -0.39 is 0 Å². The lowest BCUT2D eigenvalue weighted by atomic mass is 9.76. The lowest BCUT2D eigenvalue weighted by Gasteiger charge is -2.26. The Morgan fingerprint density at radius 3 is 2.19 bits per heavy atom. The minimum absolute atomic E-state index is 0.382. The van der Waals surface area contributed by atoms with Crippen LogP contribution in [0.25, 0.3) is 11.1 Å². The van der Waals surface area contributed by atoms with E-state index in [1.54, 1.807) is 12.4 Å². The van der Waals surface area contributed by atoms with Crippen LogP contribution in [0.1, 0.15) is 11.1 Å². The summed E-state index contributed by atoms with van der Waals surface area (Å²) in [6.45, 7) is 0. The molecule has 1 saturated heterocycles. The Labute approximate surface area is 153 Å². The van der Waals surface area contributed by atoms with Gasteiger partial charge in [-0.3, -0.25) is 4.98 Å². The Balaban J connectivity index is 0.000000110. The second-order valence-corrected chi connectivity index (χ2v) is 6.05. The first-order valence-electron chi connectivity index (χ1n) is 8.72. The Hall–Kier alpha value is -3.17. The van der Waals surface area contributed by atoms with Gasteiger partial charge in [-0.2, -0.15) is 0 Å². The van der Waals surface area contributed by atoms with Gasteiger partial charge in [-0.25, -0.2) is 0 Å². The molecule has 0 bridgehead atoms. The van der Waals surface area contributed by atoms with E-state index in [0.717, 1.165) is 0 Å². The van der Waals surface area contributed by atoms with Crippen LogP contribution < -0.4 is 5.32 Å². The number of rotatable bonds is 0. The van der Waals surface area contributed by atoms with Crippen molar-refractivity contribution >= 4 is 11.1 Å². The number of hydrogen-bond acceptors (Lipinski definition) is 3. The van der Waals surface area contributed by atoms with Crippen molar-refractivity contribution in [3.05, 3.63) is 115 Å². The first-order chi connectivity index (χ1) is 12.9. The van der Waals surface area contributed by atoms with Gasteiger partial charge in [-0.15, -0.1) is 0 Å². The van der Waals surface area contributed by atoms with Crippen LogP contribution in [0.3, 0.4) is 0 Å². The number of ether oxygens (including phenoxy) is 1. The van der Waals surface area contributed by atoms with Gasteiger partial charge in [-0.05, 0) is 46.6 Å². The predicted octanol–water partition coefficient (Wildman–Crippen LogP) is 4.50. The summed E-state index contributed by atoms with van der Waals surface area (Å²) in [5.41, 5.74) is 5.62. The van der Waals surface area contributed by atoms with Gasteiger partial charge < -0.3 is 10.1 Å². The fourth-order valence-electron chi connectivity index (χ4n) is 3.08. The quantitative estimate of drug-likeness (QED) is 0.717. The molecule has 3 nitrogen and oxygen atoms in total. The van der Waals surface area contributed by atoms with Gasteiger partial charge in [0.05, 0.1) is 0 Å². The van der Waals surface area contributed by atoms with Crippen molar-refractivity contribution in [1.82, 2.24) is 10.3 Å². The molecule has 2 atom stereocenters. The van der Waals surface area contributed by atoms with Crippen LogP contribution in [0.4, 0.5) is 0 Å². The number of pyridine rings is 1. The first kappa shape index (κ1) is 16.3. The van der Waals surface area contributed by atoms with Crippen LogP contribution >= 0.6 is 0 Å². The molecule has 1 aromatic carbocycles. The molecule has 0 radical (unpaired) electrons. The SMILES string of the molecule is C1=CC2OC2C2=C1c1ccccc12.C1=CC=CNC=C1.c1ccncc1. The van der Waals surface area contributed by atoms with Crippen molar-refractivity contribution in [3.63, 3.8) is 0 Å². The van der Waals surface area contributed by atoms with E-state index in [1.165, 1.54) is 22.3 Å². The number of fused-ring (bicyclic) bond motifs is 5. The number of aromatic nitrogens is 1. The second-order valence-electron chi connectivity index (χ2n) is 6.05. The highest BCUT2D eigenvalue weighted by Crippen LogP contribution is 2.52. The monoisotopic (exact) mass is 340 g/mol. The van der Waals surface area contributed by atoms with Gasteiger partial charge in [-0.1, -0.05) is 54.6 Å². The molecule has 0 spiro atoms. The molecule has 3 heterocycles. The maximum atomic E-state index is 5.52. The molecular weight excluding hydrogens is 320 g/mol. The third-order valence-electron chi connectivity index (χ3n) is 4.34. The van der Waals surface area contributed by atoms with Crippen molar-refractivity contribution < 1.29 is 4.74 Å². The summed E-state index contributed by atoms with van der Waals surface area (Å²) in [6.07, 6.45) is 20.2. The topological polar surface area (TPSA) is 37.5 Å². The van der Waals surface area contributed by atoms with E-state index in [2.05, 4.69) is 46.7 Å². The van der Waals surface area contributed by atoms with E-state index in [4.69, 9.17) is 4.74 Å². The van der Waals surface area contributed by atoms with E-state index in [1.807, 2.05) is 54.9 Å². The van der Waals surface area contributed by atoms with Crippen molar-refractivity contribution in [2.75, 3.05) is 0 Å². The van der Waals surface area contributed by atoms with Crippen LogP contribution in [-0.4, -0.2) is 17.2 Å². The predicted molar refractivity (Wildman–Crippen MR) is 106 cm³/mol. The molecule has 0 amide bonds. The average Bonchev–Trinajstić information content (AvgIpc) is 3.51. The lowest BCUT2D eigenvalue weighted by molar-refractivity contribution is 0.418. The van der Waals surface area contributed by atoms with Gasteiger partial charge in [0.2, 0.25) is 0 Å². The van der Waals surface area contributed by atoms with Gasteiger partial charge in [0.15, 0.2) is 0 Å². The highest BCUT2D eigenvalue weighted by atomic mass is 16.6. The molecule has 26 heavy (non-hydrogen) atoms. The smallest absolute Gasteiger partial charge is 0.114 e. The van der Waals surface area contributed by atoms with Crippen molar-refractivity contribution in [3.8, 4) is 0 Å². The standard InChI is InChI=1S/C12H8O.C6H7N.C5H5N/c1-2-4-8-7(3-1)9-5-6-10-12(13-10)11(8)9;1-2-4-6-7-5-3-1;1-2-4-6-5-3-1/h1-6,10,12H;1-7H;1-5H. The third kappa shape index (κ3) is 3.58. The molecule has 2 aliphatic carbocycles. The largest absolute Gasteiger partial charge is 0.368 e. The van der Waals surface area contributed by atoms with Gasteiger partial charge >= 0.3 is 0 Å². The van der Waals surface area contributed by atoms with Crippen LogP contribution in [0.15, 0.2) is 104 Å². The lowest BCUT2D eigenvalue weighted by Crippen LogP contribution is -2.13. The summed E-state index contributed by atoms with van der Waals surface area (Å²) in [5, 5.41) is 2.92. The molecule has 6 rings (SSSR count). The Morgan fingerprint density at radius 1 is 0.808 bits per heavy atom. The minimum Gasteiger partial charge on any atom is -0.368 e. The number of hydrogen-bond donors (Lipinski definition) is 1. The first-order valence-corrected chi connectivity index (χ1v) is 8.72. The summed E-state index contributed by atoms with van der Waals surface area (Å²) in [7, 11) is 0. The van der Waals surface area contributed by atoms with Crippen molar-refractivity contribution in [2.24, 2.45) is 0 Å². The maximum absolute atomic E-state index is 5.52. The highest BCUT2D eigenvalue weighted by Gasteiger charge is 2.47. The van der Waals surface area contributed by atoms with Crippen LogP contribution in [0.2, 0.25) is 0 Å². The molecule has 3 heteroatoms. The number of epoxide rings is 1. The van der Waals surface area contributed by atoms with Gasteiger partial charge in [0.1, 0.15) is 12.2 Å². The van der Waals surface area contributed by atoms with Crippen molar-refractivity contribution in [2.45, 2.75) is 12.2 Å². The zero-order valence-corrected chi connectivity index (χ0v) is 14.3. The number of benzene rings is 1. The summed E-state index contributed by atoms with van der Waals surface area (Å²) < 4.78 is 5.52. The Morgan fingerprint density at radius 2 is 1.54 bits per heavy atom. The number of nitrogens with zero attached hydrogens (tertiary/aromatic N) is 1. The minimum atomic E-state index is 0.382. The molecule has 1 N–H and O–H groups in total. The fourth-order valence-corrected chi connectivity index (χ4v) is 3.08. The van der Waals surface area contributed by atoms with Crippen LogP contribution in [0.5, 0.6) is 0 Å². The molecule has 2 aliphatic heterocycles. The summed E-state index contributed by atoms with van der Waals surface area (Å²) in [5.74, 6) is 0. The number of nitrogens with one attached hydrogen (secondary N) is 1. The zero-order valence-electron chi connectivity index (χ0n) is 14.3. The molecule has 4 aliphatic rings. The normalized spacial score (nSPS) is 22.0. The Bertz CT molecular complexity index is 866. The zero-order chi connectivity index (χ0) is 17.6. The van der Waals surface area contributed by atoms with Gasteiger partial charge in [0.25, 0.3) is 0 Å². The van der Waals surface area contributed by atoms with Crippen LogP contribution in [-0.2, 0) is 4.74 Å². The van der Waals surface area contributed by atoms with E-state index in [0.29, 0.717) is 12.2 Å². The molecule has 0 saturated carbocycles. The maximum Gasteiger partial charge on any atom is 0.114 e. The third-order valence-corrected chi connectivity index (χ3v) is 4.34. The van der Waals surface area contributed by atoms with Gasteiger partial charge in [0, 0.05) is 24.8 Å². The summed E-state index contributed by atoms with van der Waals surface area (Å²) in [4.78, 5) is 3.78. The molecule has 1 fully saturated rings. The number of allylic oxidation sites excluding steroid dienone is 6. The molecule has 2 aromatic rings. The fraction of sp³-hybridized carbons (Fsp3) is 0.0870. The Kier molecular flexibility index (Phi) is 4.90. The molecule has 128 valence electrons. The summed E-state index contributed by atoms with van der Waals surface area (Å²) >= 11 is 0. The average molecular weight is 340 g/mol. The second kappa shape index (κ2) is 7.81. The summed E-state index contributed by atoms with van der Waals surface area (Å²) in [6, 6.07) is 14.3. The molecular formula is C23H20N2O.